The van der Waals surface area contributed by atoms with Gasteiger partial charge in [0.05, 0.1) is 37.4 Å². The predicted molar refractivity (Wildman–Crippen MR) is 151 cm³/mol. The fraction of sp³-hybridized carbons (Fsp3) is 0.290. The van der Waals surface area contributed by atoms with Gasteiger partial charge in [-0.2, -0.15) is 0 Å². The van der Waals surface area contributed by atoms with Gasteiger partial charge in [-0.05, 0) is 61.7 Å². The minimum atomic E-state index is -0.137. The fourth-order valence-corrected chi connectivity index (χ4v) is 4.45. The molecule has 1 heterocycles. The van der Waals surface area contributed by atoms with E-state index in [0.717, 1.165) is 59.7 Å². The molecular formula is C31H35N3O4. The van der Waals surface area contributed by atoms with Gasteiger partial charge < -0.3 is 24.1 Å². The number of carbonyl (C=O) groups excluding carboxylic acids is 1. The number of aromatic nitrogens is 2. The first-order valence-corrected chi connectivity index (χ1v) is 12.9. The van der Waals surface area contributed by atoms with Gasteiger partial charge in [-0.15, -0.1) is 0 Å². The topological polar surface area (TPSA) is 74.6 Å². The van der Waals surface area contributed by atoms with E-state index in [-0.39, 0.29) is 5.91 Å². The third kappa shape index (κ3) is 6.54. The molecular weight excluding hydrogens is 478 g/mol. The summed E-state index contributed by atoms with van der Waals surface area (Å²) in [5.74, 6) is 2.90. The van der Waals surface area contributed by atoms with Crippen LogP contribution in [-0.2, 0) is 13.0 Å². The number of fused-ring (bicyclic) bond motifs is 1. The van der Waals surface area contributed by atoms with Crippen molar-refractivity contribution in [3.63, 3.8) is 0 Å². The Kier molecular flexibility index (Phi) is 9.40. The van der Waals surface area contributed by atoms with Crippen molar-refractivity contribution in [2.24, 2.45) is 0 Å². The zero-order valence-electron chi connectivity index (χ0n) is 22.3. The van der Waals surface area contributed by atoms with Gasteiger partial charge in [0.15, 0.2) is 11.5 Å². The molecule has 4 aromatic rings. The number of benzene rings is 3. The summed E-state index contributed by atoms with van der Waals surface area (Å²) in [7, 11) is 3.23. The van der Waals surface area contributed by atoms with E-state index >= 15 is 0 Å². The summed E-state index contributed by atoms with van der Waals surface area (Å²) in [5, 5.41) is 3.00. The van der Waals surface area contributed by atoms with Crippen LogP contribution in [0.1, 0.15) is 41.5 Å². The van der Waals surface area contributed by atoms with Crippen LogP contribution in [-0.4, -0.2) is 42.8 Å². The molecule has 4 rings (SSSR count). The molecule has 0 saturated heterocycles. The quantitative estimate of drug-likeness (QED) is 0.225. The number of imidazole rings is 1. The molecule has 0 bridgehead atoms. The molecule has 7 heteroatoms. The Bertz CT molecular complexity index is 1390. The van der Waals surface area contributed by atoms with Gasteiger partial charge in [0, 0.05) is 19.5 Å². The van der Waals surface area contributed by atoms with Gasteiger partial charge in [-0.3, -0.25) is 4.79 Å². The lowest BCUT2D eigenvalue weighted by molar-refractivity contribution is 0.0950. The highest BCUT2D eigenvalue weighted by Gasteiger charge is 2.13. The second-order valence-electron chi connectivity index (χ2n) is 8.84. The van der Waals surface area contributed by atoms with Crippen LogP contribution in [0.25, 0.3) is 17.1 Å². The molecule has 0 aliphatic heterocycles. The Morgan fingerprint density at radius 1 is 0.947 bits per heavy atom. The highest BCUT2D eigenvalue weighted by molar-refractivity contribution is 5.96. The molecule has 0 unspecified atom stereocenters. The first kappa shape index (κ1) is 26.8. The van der Waals surface area contributed by atoms with Crippen LogP contribution in [0.5, 0.6) is 17.2 Å². The lowest BCUT2D eigenvalue weighted by Crippen LogP contribution is -2.25. The zero-order chi connectivity index (χ0) is 26.7. The minimum Gasteiger partial charge on any atom is -0.496 e. The third-order valence-electron chi connectivity index (χ3n) is 6.28. The molecule has 0 aliphatic rings. The van der Waals surface area contributed by atoms with Gasteiger partial charge in [-0.1, -0.05) is 42.5 Å². The van der Waals surface area contributed by atoms with Crippen LogP contribution in [0.3, 0.4) is 0 Å². The number of methoxy groups -OCH3 is 2. The number of nitrogens with zero attached hydrogens (tertiary/aromatic N) is 2. The van der Waals surface area contributed by atoms with Gasteiger partial charge in [0.1, 0.15) is 11.6 Å². The second-order valence-corrected chi connectivity index (χ2v) is 8.84. The average Bonchev–Trinajstić information content (AvgIpc) is 3.31. The van der Waals surface area contributed by atoms with E-state index in [0.29, 0.717) is 24.5 Å². The highest BCUT2D eigenvalue weighted by Crippen LogP contribution is 2.29. The Labute approximate surface area is 224 Å². The first-order chi connectivity index (χ1) is 18.6. The molecule has 0 saturated carbocycles. The number of hydrogen-bond donors (Lipinski definition) is 1. The maximum Gasteiger partial charge on any atom is 0.255 e. The van der Waals surface area contributed by atoms with Crippen molar-refractivity contribution >= 4 is 23.0 Å². The van der Waals surface area contributed by atoms with Gasteiger partial charge in [0.25, 0.3) is 5.91 Å². The summed E-state index contributed by atoms with van der Waals surface area (Å²) in [4.78, 5) is 17.5. The van der Waals surface area contributed by atoms with Crippen molar-refractivity contribution < 1.29 is 19.0 Å². The van der Waals surface area contributed by atoms with Crippen molar-refractivity contribution in [3.8, 4) is 17.2 Å². The summed E-state index contributed by atoms with van der Waals surface area (Å²) in [6.07, 6.45) is 6.37. The minimum absolute atomic E-state index is 0.137. The normalized spacial score (nSPS) is 11.1. The largest absolute Gasteiger partial charge is 0.496 e. The number of rotatable bonds is 13. The summed E-state index contributed by atoms with van der Waals surface area (Å²) in [6, 6.07) is 21.3. The molecule has 3 aromatic carbocycles. The van der Waals surface area contributed by atoms with Crippen LogP contribution in [0.4, 0.5) is 0 Å². The fourth-order valence-electron chi connectivity index (χ4n) is 4.45. The van der Waals surface area contributed by atoms with Crippen molar-refractivity contribution in [2.45, 2.75) is 32.7 Å². The Balaban J connectivity index is 1.34. The monoisotopic (exact) mass is 513 g/mol. The molecule has 1 N–H and O–H groups in total. The molecule has 0 spiro atoms. The molecule has 1 amide bonds. The van der Waals surface area contributed by atoms with Crippen molar-refractivity contribution in [1.82, 2.24) is 14.9 Å². The molecule has 0 aliphatic carbocycles. The Morgan fingerprint density at radius 2 is 1.74 bits per heavy atom. The van der Waals surface area contributed by atoms with Crippen LogP contribution in [0.15, 0.2) is 72.8 Å². The Hall–Kier alpha value is -4.26. The van der Waals surface area contributed by atoms with E-state index in [1.54, 1.807) is 26.4 Å². The van der Waals surface area contributed by atoms with Crippen molar-refractivity contribution in [1.29, 1.82) is 0 Å². The van der Waals surface area contributed by atoms with E-state index in [4.69, 9.17) is 19.2 Å². The zero-order valence-corrected chi connectivity index (χ0v) is 22.3. The summed E-state index contributed by atoms with van der Waals surface area (Å²) >= 11 is 0. The van der Waals surface area contributed by atoms with Gasteiger partial charge >= 0.3 is 0 Å². The standard InChI is InChI=1S/C31H35N3O4/c1-4-11-23-17-18-28(29(22-23)37-3)38-21-10-20-34-26-14-7-6-13-25(26)33-30(34)16-9-19-32-31(35)24-12-5-8-15-27(24)36-2/h4-8,11-15,17-18,22H,9-10,16,19-21H2,1-3H3,(H,32,35)/b11-4+. The van der Waals surface area contributed by atoms with E-state index in [1.165, 1.54) is 0 Å². The maximum absolute atomic E-state index is 12.6. The SMILES string of the molecule is C/C=C/c1ccc(OCCCn2c(CCCNC(=O)c3ccccc3OC)nc3ccccc32)c(OC)c1. The van der Waals surface area contributed by atoms with E-state index in [2.05, 4.69) is 16.0 Å². The summed E-state index contributed by atoms with van der Waals surface area (Å²) < 4.78 is 19.1. The van der Waals surface area contributed by atoms with Gasteiger partial charge in [-0.25, -0.2) is 4.98 Å². The number of ether oxygens (including phenoxy) is 3. The second kappa shape index (κ2) is 13.3. The highest BCUT2D eigenvalue weighted by atomic mass is 16.5. The number of amides is 1. The first-order valence-electron chi connectivity index (χ1n) is 12.9. The molecule has 0 fully saturated rings. The number of para-hydroxylation sites is 3. The van der Waals surface area contributed by atoms with E-state index in [1.807, 2.05) is 67.6 Å². The van der Waals surface area contributed by atoms with Gasteiger partial charge in [0.2, 0.25) is 0 Å². The molecule has 7 nitrogen and oxygen atoms in total. The number of hydrogen-bond acceptors (Lipinski definition) is 5. The molecule has 38 heavy (non-hydrogen) atoms. The molecule has 0 atom stereocenters. The number of nitrogens with one attached hydrogen (secondary N) is 1. The molecule has 1 aromatic heterocycles. The number of allylic oxidation sites excluding steroid dienone is 1. The number of carbonyl (C=O) groups is 1. The van der Waals surface area contributed by atoms with E-state index in [9.17, 15) is 4.79 Å². The summed E-state index contributed by atoms with van der Waals surface area (Å²) in [5.41, 5.74) is 3.69. The molecule has 0 radical (unpaired) electrons. The van der Waals surface area contributed by atoms with Crippen LogP contribution >= 0.6 is 0 Å². The van der Waals surface area contributed by atoms with Crippen LogP contribution in [0, 0.1) is 0 Å². The smallest absolute Gasteiger partial charge is 0.255 e. The van der Waals surface area contributed by atoms with Crippen molar-refractivity contribution in [3.05, 3.63) is 89.8 Å². The summed E-state index contributed by atoms with van der Waals surface area (Å²) in [6.45, 7) is 3.87. The average molecular weight is 514 g/mol. The third-order valence-corrected chi connectivity index (χ3v) is 6.28. The lowest BCUT2D eigenvalue weighted by atomic mass is 10.2. The maximum atomic E-state index is 12.6. The van der Waals surface area contributed by atoms with E-state index < -0.39 is 0 Å². The Morgan fingerprint density at radius 3 is 2.55 bits per heavy atom. The van der Waals surface area contributed by atoms with Crippen LogP contribution in [0.2, 0.25) is 0 Å². The van der Waals surface area contributed by atoms with Crippen molar-refractivity contribution in [2.75, 3.05) is 27.4 Å². The predicted octanol–water partition coefficient (Wildman–Crippen LogP) is 5.92. The number of aryl methyl sites for hydroxylation is 2. The van der Waals surface area contributed by atoms with Crippen LogP contribution < -0.4 is 19.5 Å². The molecule has 198 valence electrons. The lowest BCUT2D eigenvalue weighted by Gasteiger charge is -2.13.